The standard InChI is InChI=1S/C3HO2/c1-2-3(4)5/h(H,4,5)/q-1. The van der Waals surface area contributed by atoms with Crippen LogP contribution in [0.25, 0.3) is 0 Å². The van der Waals surface area contributed by atoms with Crippen LogP contribution in [-0.2, 0) is 4.79 Å². The van der Waals surface area contributed by atoms with Gasteiger partial charge in [0.1, 0.15) is 0 Å². The molecule has 0 aliphatic heterocycles. The van der Waals surface area contributed by atoms with Gasteiger partial charge in [-0.2, -0.15) is 0 Å². The molecule has 0 fully saturated rings. The van der Waals surface area contributed by atoms with E-state index in [-0.39, 0.29) is 0 Å². The fraction of sp³-hybridized carbons (Fsp3) is 0. The fourth-order valence-corrected chi connectivity index (χ4v) is 0. The molecule has 26 valence electrons. The molecule has 0 saturated carbocycles. The lowest BCUT2D eigenvalue weighted by Gasteiger charge is -1.75. The van der Waals surface area contributed by atoms with E-state index in [1.54, 1.807) is 0 Å². The summed E-state index contributed by atoms with van der Waals surface area (Å²) in [5, 5.41) is 7.42. The maximum absolute atomic E-state index is 9.07. The predicted molar refractivity (Wildman–Crippen MR) is 14.8 cm³/mol. The second kappa shape index (κ2) is 1.36. The first-order chi connectivity index (χ1) is 2.27. The van der Waals surface area contributed by atoms with Crippen LogP contribution in [0, 0.1) is 12.3 Å². The van der Waals surface area contributed by atoms with E-state index in [9.17, 15) is 0 Å². The summed E-state index contributed by atoms with van der Waals surface area (Å²) in [6.07, 6.45) is 5.81. The molecule has 2 nitrogen and oxygen atoms in total. The molecule has 2 heteroatoms. The lowest BCUT2D eigenvalue weighted by atomic mass is 10.7. The van der Waals surface area contributed by atoms with Crippen LogP contribution in [-0.4, -0.2) is 11.1 Å². The van der Waals surface area contributed by atoms with Gasteiger partial charge in [0.25, 0.3) is 0 Å². The number of carboxylic acid groups (broad SMARTS) is 1. The topological polar surface area (TPSA) is 37.3 Å². The molecule has 0 heterocycles. The SMILES string of the molecule is [C-]#CC(=O)O. The van der Waals surface area contributed by atoms with Gasteiger partial charge in [0.05, 0.1) is 0 Å². The Hall–Kier alpha value is -0.970. The Morgan fingerprint density at radius 1 is 2.00 bits per heavy atom. The molecular weight excluding hydrogens is 68.0 g/mol. The highest BCUT2D eigenvalue weighted by Gasteiger charge is 1.57. The van der Waals surface area contributed by atoms with Crippen LogP contribution in [0.1, 0.15) is 0 Å². The molecule has 1 N–H and O–H groups in total. The van der Waals surface area contributed by atoms with Crippen LogP contribution >= 0.6 is 0 Å². The fourth-order valence-electron chi connectivity index (χ4n) is 0. The number of carboxylic acids is 1. The molecular formula is C3HO2-. The third kappa shape index (κ3) is 3.03. The van der Waals surface area contributed by atoms with Gasteiger partial charge in [0.15, 0.2) is 0 Å². The van der Waals surface area contributed by atoms with Gasteiger partial charge in [0.2, 0.25) is 5.97 Å². The first-order valence-corrected chi connectivity index (χ1v) is 0.928. The molecule has 0 aromatic carbocycles. The Labute approximate surface area is 29.4 Å². The summed E-state index contributed by atoms with van der Waals surface area (Å²) in [6.45, 7) is 0. The summed E-state index contributed by atoms with van der Waals surface area (Å²) >= 11 is 0. The molecule has 0 spiro atoms. The summed E-state index contributed by atoms with van der Waals surface area (Å²) in [7, 11) is 0. The van der Waals surface area contributed by atoms with Crippen molar-refractivity contribution in [1.29, 1.82) is 0 Å². The number of hydrogen-bond acceptors (Lipinski definition) is 1. The summed E-state index contributed by atoms with van der Waals surface area (Å²) in [5.41, 5.74) is 0. The van der Waals surface area contributed by atoms with Crippen LogP contribution in [0.15, 0.2) is 0 Å². The van der Waals surface area contributed by atoms with Gasteiger partial charge < -0.3 is 16.3 Å². The predicted octanol–water partition coefficient (Wildman–Crippen LogP) is -0.339. The molecule has 5 heavy (non-hydrogen) atoms. The van der Waals surface area contributed by atoms with Gasteiger partial charge in [0, 0.05) is 0 Å². The third-order valence-electron chi connectivity index (χ3n) is 0.107. The zero-order valence-electron chi connectivity index (χ0n) is 2.36. The highest BCUT2D eigenvalue weighted by Crippen LogP contribution is 1.45. The third-order valence-corrected chi connectivity index (χ3v) is 0.107. The van der Waals surface area contributed by atoms with Crippen LogP contribution in [0.2, 0.25) is 0 Å². The van der Waals surface area contributed by atoms with Crippen LogP contribution in [0.4, 0.5) is 0 Å². The Morgan fingerprint density at radius 2 is 2.20 bits per heavy atom. The molecule has 0 atom stereocenters. The Kier molecular flexibility index (Phi) is 1.10. The van der Waals surface area contributed by atoms with Gasteiger partial charge in [-0.15, -0.1) is 0 Å². The molecule has 0 aromatic rings. The minimum absolute atomic E-state index is 1.19. The van der Waals surface area contributed by atoms with E-state index in [4.69, 9.17) is 16.3 Å². The van der Waals surface area contributed by atoms with Crippen molar-refractivity contribution in [3.05, 3.63) is 6.42 Å². The largest absolute Gasteiger partial charge is 0.556 e. The van der Waals surface area contributed by atoms with Crippen LogP contribution in [0.3, 0.4) is 0 Å². The minimum Gasteiger partial charge on any atom is -0.556 e. The van der Waals surface area contributed by atoms with E-state index in [0.29, 0.717) is 0 Å². The van der Waals surface area contributed by atoms with E-state index < -0.39 is 5.97 Å². The molecule has 0 saturated heterocycles. The summed E-state index contributed by atoms with van der Waals surface area (Å²) in [6, 6.07) is 0. The van der Waals surface area contributed by atoms with E-state index in [1.807, 2.05) is 0 Å². The molecule has 0 aliphatic rings. The van der Waals surface area contributed by atoms with Crippen molar-refractivity contribution in [3.8, 4) is 5.92 Å². The molecule has 0 unspecified atom stereocenters. The van der Waals surface area contributed by atoms with Crippen molar-refractivity contribution < 1.29 is 9.90 Å². The summed E-state index contributed by atoms with van der Waals surface area (Å²) in [5.74, 6) is -0.134. The number of hydrogen-bond donors (Lipinski definition) is 1. The number of rotatable bonds is 0. The quantitative estimate of drug-likeness (QED) is 0.312. The van der Waals surface area contributed by atoms with E-state index in [1.165, 1.54) is 5.92 Å². The van der Waals surface area contributed by atoms with Crippen molar-refractivity contribution in [3.63, 3.8) is 0 Å². The van der Waals surface area contributed by atoms with Crippen molar-refractivity contribution in [2.75, 3.05) is 0 Å². The Balaban J connectivity index is 3.35. The van der Waals surface area contributed by atoms with E-state index in [2.05, 4.69) is 0 Å². The van der Waals surface area contributed by atoms with Gasteiger partial charge in [-0.25, -0.2) is 5.92 Å². The lowest BCUT2D eigenvalue weighted by Crippen LogP contribution is -1.83. The zero-order chi connectivity index (χ0) is 4.28. The van der Waals surface area contributed by atoms with Crippen molar-refractivity contribution >= 4 is 5.97 Å². The maximum Gasteiger partial charge on any atom is 0.215 e. The molecule has 0 rings (SSSR count). The molecule has 0 radical (unpaired) electrons. The Bertz CT molecular complexity index is 77.4. The van der Waals surface area contributed by atoms with Gasteiger partial charge >= 0.3 is 0 Å². The summed E-state index contributed by atoms with van der Waals surface area (Å²) < 4.78 is 0. The summed E-state index contributed by atoms with van der Waals surface area (Å²) in [4.78, 5) is 9.07. The van der Waals surface area contributed by atoms with E-state index >= 15 is 0 Å². The van der Waals surface area contributed by atoms with Crippen molar-refractivity contribution in [2.24, 2.45) is 0 Å². The Morgan fingerprint density at radius 3 is 2.20 bits per heavy atom. The van der Waals surface area contributed by atoms with Crippen molar-refractivity contribution in [2.45, 2.75) is 0 Å². The molecule has 0 bridgehead atoms. The second-order valence-corrected chi connectivity index (χ2v) is 0.430. The smallest absolute Gasteiger partial charge is 0.215 e. The average Bonchev–Trinajstić information content (AvgIpc) is 1.38. The lowest BCUT2D eigenvalue weighted by molar-refractivity contribution is -0.130. The van der Waals surface area contributed by atoms with Gasteiger partial charge in [-0.3, -0.25) is 0 Å². The average molecular weight is 69.0 g/mol. The highest BCUT2D eigenvalue weighted by atomic mass is 16.4. The first kappa shape index (κ1) is 4.03. The first-order valence-electron chi connectivity index (χ1n) is 0.928. The zero-order valence-corrected chi connectivity index (χ0v) is 2.36. The van der Waals surface area contributed by atoms with Gasteiger partial charge in [-0.05, 0) is 0 Å². The molecule has 0 aliphatic carbocycles. The molecule has 0 amide bonds. The molecule has 0 aromatic heterocycles. The normalized spacial score (nSPS) is 5.40. The minimum atomic E-state index is -1.33. The van der Waals surface area contributed by atoms with Crippen LogP contribution < -0.4 is 0 Å². The second-order valence-electron chi connectivity index (χ2n) is 0.430. The van der Waals surface area contributed by atoms with Crippen molar-refractivity contribution in [1.82, 2.24) is 0 Å². The van der Waals surface area contributed by atoms with E-state index in [0.717, 1.165) is 0 Å². The van der Waals surface area contributed by atoms with Gasteiger partial charge in [-0.1, -0.05) is 0 Å². The van der Waals surface area contributed by atoms with Crippen LogP contribution in [0.5, 0.6) is 0 Å². The number of carbonyl (C=O) groups is 1. The highest BCUT2D eigenvalue weighted by molar-refractivity contribution is 5.84. The monoisotopic (exact) mass is 69.0 g/mol. The maximum atomic E-state index is 9.07. The number of aliphatic carboxylic acids is 1.